The van der Waals surface area contributed by atoms with Crippen LogP contribution in [0.25, 0.3) is 0 Å². The predicted octanol–water partition coefficient (Wildman–Crippen LogP) is 2.26. The first-order valence-corrected chi connectivity index (χ1v) is 11.3. The summed E-state index contributed by atoms with van der Waals surface area (Å²) < 4.78 is 6.29. The highest BCUT2D eigenvalue weighted by atomic mass is 16.5. The Labute approximate surface area is 174 Å². The molecule has 2 heterocycles. The van der Waals surface area contributed by atoms with E-state index in [4.69, 9.17) is 4.74 Å². The van der Waals surface area contributed by atoms with Gasteiger partial charge in [-0.1, -0.05) is 6.07 Å². The first-order valence-electron chi connectivity index (χ1n) is 11.3. The van der Waals surface area contributed by atoms with E-state index in [2.05, 4.69) is 33.3 Å². The molecular formula is C23H35N3O3. The molecule has 160 valence electrons. The Balaban J connectivity index is 1.35. The van der Waals surface area contributed by atoms with Crippen LogP contribution < -0.4 is 15.0 Å². The van der Waals surface area contributed by atoms with Crippen molar-refractivity contribution in [3.63, 3.8) is 0 Å². The topological polar surface area (TPSA) is 65.0 Å². The number of aliphatic hydroxyl groups is 1. The molecule has 2 saturated heterocycles. The molecule has 1 aromatic rings. The van der Waals surface area contributed by atoms with E-state index < -0.39 is 6.10 Å². The van der Waals surface area contributed by atoms with Crippen LogP contribution >= 0.6 is 0 Å². The molecule has 4 atom stereocenters. The molecule has 1 aliphatic carbocycles. The van der Waals surface area contributed by atoms with Gasteiger partial charge in [0, 0.05) is 44.5 Å². The second-order valence-corrected chi connectivity index (χ2v) is 8.91. The van der Waals surface area contributed by atoms with E-state index in [9.17, 15) is 9.90 Å². The number of likely N-dealkylation sites (tertiary alicyclic amines) is 1. The molecule has 6 nitrogen and oxygen atoms in total. The fourth-order valence-electron chi connectivity index (χ4n) is 5.28. The molecule has 4 rings (SSSR count). The van der Waals surface area contributed by atoms with Gasteiger partial charge >= 0.3 is 0 Å². The number of benzene rings is 1. The minimum atomic E-state index is -0.445. The van der Waals surface area contributed by atoms with E-state index >= 15 is 0 Å². The number of carbonyl (C=O) groups is 1. The van der Waals surface area contributed by atoms with Crippen molar-refractivity contribution in [2.45, 2.75) is 51.2 Å². The first kappa shape index (κ1) is 20.5. The van der Waals surface area contributed by atoms with Crippen LogP contribution in [0.1, 0.15) is 39.0 Å². The number of ether oxygens (including phenoxy) is 1. The summed E-state index contributed by atoms with van der Waals surface area (Å²) >= 11 is 0. The summed E-state index contributed by atoms with van der Waals surface area (Å²) in [5.41, 5.74) is 1.22. The van der Waals surface area contributed by atoms with E-state index in [1.807, 2.05) is 13.0 Å². The maximum Gasteiger partial charge on any atom is 0.234 e. The lowest BCUT2D eigenvalue weighted by Crippen LogP contribution is -2.42. The highest BCUT2D eigenvalue weighted by Gasteiger charge is 2.42. The molecule has 0 unspecified atom stereocenters. The molecule has 3 fully saturated rings. The highest BCUT2D eigenvalue weighted by molar-refractivity contribution is 5.77. The van der Waals surface area contributed by atoms with Crippen molar-refractivity contribution in [2.75, 3.05) is 44.2 Å². The largest absolute Gasteiger partial charge is 0.488 e. The summed E-state index contributed by atoms with van der Waals surface area (Å²) in [4.78, 5) is 16.6. The zero-order chi connectivity index (χ0) is 20.2. The average molecular weight is 402 g/mol. The Hall–Kier alpha value is -1.79. The van der Waals surface area contributed by atoms with Gasteiger partial charge in [0.2, 0.25) is 5.91 Å². The normalized spacial score (nSPS) is 30.1. The number of likely N-dealkylation sites (N-methyl/N-ethyl adjacent to an activating group) is 1. The molecule has 0 aromatic heterocycles. The molecule has 29 heavy (non-hydrogen) atoms. The van der Waals surface area contributed by atoms with Gasteiger partial charge in [0.05, 0.1) is 12.6 Å². The lowest BCUT2D eigenvalue weighted by atomic mass is 9.78. The predicted molar refractivity (Wildman–Crippen MR) is 114 cm³/mol. The molecule has 0 bridgehead atoms. The third-order valence-electron chi connectivity index (χ3n) is 6.73. The standard InChI is InChI=1S/C23H35N3O3/c1-2-24-23(28)16-25-14-17-11-21(27)22(12-18(17)15-25)29-20-8-6-7-19(13-20)26-9-4-3-5-10-26/h6-8,13,17-18,21-22,27H,2-5,9-12,14-16H2,1H3,(H,24,28)/t17-,18+,21+,22+/m0/s1. The van der Waals surface area contributed by atoms with Crippen LogP contribution in [-0.2, 0) is 4.79 Å². The van der Waals surface area contributed by atoms with E-state index in [1.54, 1.807) is 0 Å². The van der Waals surface area contributed by atoms with E-state index in [1.165, 1.54) is 24.9 Å². The van der Waals surface area contributed by atoms with Crippen molar-refractivity contribution in [3.8, 4) is 5.75 Å². The van der Waals surface area contributed by atoms with Gasteiger partial charge in [-0.15, -0.1) is 0 Å². The monoisotopic (exact) mass is 401 g/mol. The van der Waals surface area contributed by atoms with Crippen LogP contribution in [-0.4, -0.2) is 67.4 Å². The van der Waals surface area contributed by atoms with Crippen LogP contribution in [0.5, 0.6) is 5.75 Å². The third-order valence-corrected chi connectivity index (χ3v) is 6.73. The van der Waals surface area contributed by atoms with Gasteiger partial charge in [0.25, 0.3) is 0 Å². The molecule has 1 aromatic carbocycles. The maximum atomic E-state index is 11.9. The molecule has 0 radical (unpaired) electrons. The van der Waals surface area contributed by atoms with Crippen LogP contribution in [0.2, 0.25) is 0 Å². The molecular weight excluding hydrogens is 366 g/mol. The number of aliphatic hydroxyl groups excluding tert-OH is 1. The fraction of sp³-hybridized carbons (Fsp3) is 0.696. The lowest BCUT2D eigenvalue weighted by Gasteiger charge is -2.35. The minimum Gasteiger partial charge on any atom is -0.488 e. The summed E-state index contributed by atoms with van der Waals surface area (Å²) in [6.45, 7) is 7.12. The van der Waals surface area contributed by atoms with E-state index in [0.29, 0.717) is 24.9 Å². The fourth-order valence-corrected chi connectivity index (χ4v) is 5.28. The summed E-state index contributed by atoms with van der Waals surface area (Å²) in [6.07, 6.45) is 4.82. The van der Waals surface area contributed by atoms with Crippen molar-refractivity contribution in [2.24, 2.45) is 11.8 Å². The van der Waals surface area contributed by atoms with Crippen LogP contribution in [0.3, 0.4) is 0 Å². The second kappa shape index (κ2) is 9.35. The Bertz CT molecular complexity index is 692. The molecule has 1 amide bonds. The van der Waals surface area contributed by atoms with Crippen molar-refractivity contribution in [1.82, 2.24) is 10.2 Å². The number of nitrogens with zero attached hydrogens (tertiary/aromatic N) is 2. The summed E-state index contributed by atoms with van der Waals surface area (Å²) in [5.74, 6) is 1.89. The highest BCUT2D eigenvalue weighted by Crippen LogP contribution is 2.38. The molecule has 3 aliphatic rings. The van der Waals surface area contributed by atoms with Gasteiger partial charge in [-0.05, 0) is 63.0 Å². The molecule has 2 N–H and O–H groups in total. The van der Waals surface area contributed by atoms with Crippen LogP contribution in [0.15, 0.2) is 24.3 Å². The third kappa shape index (κ3) is 5.04. The molecule has 2 aliphatic heterocycles. The lowest BCUT2D eigenvalue weighted by molar-refractivity contribution is -0.121. The van der Waals surface area contributed by atoms with Crippen molar-refractivity contribution >= 4 is 11.6 Å². The van der Waals surface area contributed by atoms with Gasteiger partial charge in [-0.3, -0.25) is 9.69 Å². The number of carbonyl (C=O) groups excluding carboxylic acids is 1. The Kier molecular flexibility index (Phi) is 6.60. The second-order valence-electron chi connectivity index (χ2n) is 8.91. The summed E-state index contributed by atoms with van der Waals surface area (Å²) in [6, 6.07) is 8.34. The summed E-state index contributed by atoms with van der Waals surface area (Å²) in [7, 11) is 0. The Morgan fingerprint density at radius 2 is 1.93 bits per heavy atom. The smallest absolute Gasteiger partial charge is 0.234 e. The van der Waals surface area contributed by atoms with Gasteiger partial charge in [-0.25, -0.2) is 0 Å². The Morgan fingerprint density at radius 1 is 1.17 bits per heavy atom. The van der Waals surface area contributed by atoms with Crippen LogP contribution in [0.4, 0.5) is 5.69 Å². The number of nitrogens with one attached hydrogen (secondary N) is 1. The van der Waals surface area contributed by atoms with Gasteiger partial charge < -0.3 is 20.1 Å². The minimum absolute atomic E-state index is 0.0917. The SMILES string of the molecule is CCNC(=O)CN1C[C@H]2C[C@@H](Oc3cccc(N4CCCCC4)c3)[C@H](O)C[C@H]2C1. The zero-order valence-corrected chi connectivity index (χ0v) is 17.6. The number of amides is 1. The van der Waals surface area contributed by atoms with Gasteiger partial charge in [0.1, 0.15) is 11.9 Å². The molecule has 1 saturated carbocycles. The molecule has 0 spiro atoms. The molecule has 6 heteroatoms. The number of hydrogen-bond acceptors (Lipinski definition) is 5. The van der Waals surface area contributed by atoms with Gasteiger partial charge in [-0.2, -0.15) is 0 Å². The van der Waals surface area contributed by atoms with E-state index in [0.717, 1.165) is 44.8 Å². The number of fused-ring (bicyclic) bond motifs is 1. The average Bonchev–Trinajstić information content (AvgIpc) is 3.10. The zero-order valence-electron chi connectivity index (χ0n) is 17.6. The van der Waals surface area contributed by atoms with Crippen molar-refractivity contribution < 1.29 is 14.6 Å². The quantitative estimate of drug-likeness (QED) is 0.766. The van der Waals surface area contributed by atoms with Crippen molar-refractivity contribution in [1.29, 1.82) is 0 Å². The number of hydrogen-bond donors (Lipinski definition) is 2. The number of piperidine rings is 1. The first-order chi connectivity index (χ1) is 14.1. The Morgan fingerprint density at radius 3 is 2.69 bits per heavy atom. The summed E-state index contributed by atoms with van der Waals surface area (Å²) in [5, 5.41) is 13.6. The van der Waals surface area contributed by atoms with Crippen LogP contribution in [0, 0.1) is 11.8 Å². The maximum absolute atomic E-state index is 11.9. The number of anilines is 1. The van der Waals surface area contributed by atoms with Gasteiger partial charge in [0.15, 0.2) is 0 Å². The van der Waals surface area contributed by atoms with Crippen molar-refractivity contribution in [3.05, 3.63) is 24.3 Å². The number of rotatable bonds is 6. The van der Waals surface area contributed by atoms with E-state index in [-0.39, 0.29) is 12.0 Å².